The summed E-state index contributed by atoms with van der Waals surface area (Å²) in [5.74, 6) is 0.828. The summed E-state index contributed by atoms with van der Waals surface area (Å²) in [5.41, 5.74) is -0.0825. The van der Waals surface area contributed by atoms with Crippen LogP contribution in [0.3, 0.4) is 0 Å². The molecule has 0 amide bonds. The van der Waals surface area contributed by atoms with Gasteiger partial charge in [0.15, 0.2) is 0 Å². The van der Waals surface area contributed by atoms with Crippen molar-refractivity contribution in [2.45, 2.75) is 18.4 Å². The van der Waals surface area contributed by atoms with E-state index in [0.29, 0.717) is 0 Å². The average molecular weight is 243 g/mol. The Morgan fingerprint density at radius 1 is 1.54 bits per heavy atom. The number of pyridine rings is 1. The van der Waals surface area contributed by atoms with Crippen LogP contribution in [0.5, 0.6) is 0 Å². The molecule has 70 valence electrons. The van der Waals surface area contributed by atoms with Crippen molar-refractivity contribution >= 4 is 21.7 Å². The molecule has 2 rings (SSSR count). The molecular weight excluding hydrogens is 232 g/mol. The third kappa shape index (κ3) is 2.00. The molecule has 0 unspecified atom stereocenters. The predicted octanol–water partition coefficient (Wildman–Crippen LogP) is 1.78. The minimum Gasteiger partial charge on any atom is -0.394 e. The van der Waals surface area contributed by atoms with Crippen molar-refractivity contribution in [2.24, 2.45) is 0 Å². The van der Waals surface area contributed by atoms with Gasteiger partial charge in [0.05, 0.1) is 12.1 Å². The summed E-state index contributed by atoms with van der Waals surface area (Å²) >= 11 is 3.32. The summed E-state index contributed by atoms with van der Waals surface area (Å²) in [7, 11) is 0. The van der Waals surface area contributed by atoms with Crippen LogP contribution in [-0.4, -0.2) is 22.2 Å². The van der Waals surface area contributed by atoms with Gasteiger partial charge in [-0.25, -0.2) is 4.98 Å². The number of nitrogens with zero attached hydrogens (tertiary/aromatic N) is 1. The number of anilines is 1. The molecule has 0 aliphatic heterocycles. The quantitative estimate of drug-likeness (QED) is 0.850. The Labute approximate surface area is 85.3 Å². The first-order valence-corrected chi connectivity index (χ1v) is 5.04. The highest BCUT2D eigenvalue weighted by Crippen LogP contribution is 2.37. The number of aromatic nitrogens is 1. The van der Waals surface area contributed by atoms with Gasteiger partial charge in [-0.3, -0.25) is 0 Å². The molecule has 1 saturated carbocycles. The van der Waals surface area contributed by atoms with Crippen molar-refractivity contribution in [1.82, 2.24) is 4.98 Å². The standard InChI is InChI=1S/C9H11BrN2O/c10-7-1-2-8(11-5-7)12-9(6-13)3-4-9/h1-2,5,13H,3-4,6H2,(H,11,12). The summed E-state index contributed by atoms with van der Waals surface area (Å²) in [6, 6.07) is 3.84. The second-order valence-electron chi connectivity index (χ2n) is 3.43. The van der Waals surface area contributed by atoms with Gasteiger partial charge in [0.1, 0.15) is 5.82 Å². The summed E-state index contributed by atoms with van der Waals surface area (Å²) in [5, 5.41) is 12.3. The van der Waals surface area contributed by atoms with Crippen LogP contribution >= 0.6 is 15.9 Å². The lowest BCUT2D eigenvalue weighted by Gasteiger charge is -2.14. The number of hydrogen-bond donors (Lipinski definition) is 2. The molecule has 1 aromatic heterocycles. The van der Waals surface area contributed by atoms with Crippen molar-refractivity contribution in [1.29, 1.82) is 0 Å². The number of rotatable bonds is 3. The van der Waals surface area contributed by atoms with Crippen LogP contribution in [-0.2, 0) is 0 Å². The maximum atomic E-state index is 9.07. The van der Waals surface area contributed by atoms with Crippen LogP contribution in [0.2, 0.25) is 0 Å². The van der Waals surface area contributed by atoms with Gasteiger partial charge in [0.2, 0.25) is 0 Å². The lowest BCUT2D eigenvalue weighted by Crippen LogP contribution is -2.25. The van der Waals surface area contributed by atoms with Crippen molar-refractivity contribution in [3.8, 4) is 0 Å². The van der Waals surface area contributed by atoms with Crippen LogP contribution < -0.4 is 5.32 Å². The first-order chi connectivity index (χ1) is 6.24. The van der Waals surface area contributed by atoms with E-state index in [9.17, 15) is 0 Å². The van der Waals surface area contributed by atoms with Gasteiger partial charge in [-0.2, -0.15) is 0 Å². The SMILES string of the molecule is OCC1(Nc2ccc(Br)cn2)CC1. The Hall–Kier alpha value is -0.610. The molecule has 1 fully saturated rings. The van der Waals surface area contributed by atoms with Gasteiger partial charge >= 0.3 is 0 Å². The molecule has 1 aliphatic carbocycles. The number of aliphatic hydroxyl groups is 1. The molecule has 13 heavy (non-hydrogen) atoms. The molecular formula is C9H11BrN2O. The van der Waals surface area contributed by atoms with Crippen LogP contribution in [0.1, 0.15) is 12.8 Å². The molecule has 1 aromatic rings. The molecule has 0 aromatic carbocycles. The largest absolute Gasteiger partial charge is 0.394 e. The van der Waals surface area contributed by atoms with Crippen molar-refractivity contribution < 1.29 is 5.11 Å². The van der Waals surface area contributed by atoms with Gasteiger partial charge in [0.25, 0.3) is 0 Å². The van der Waals surface area contributed by atoms with Crippen LogP contribution in [0, 0.1) is 0 Å². The van der Waals surface area contributed by atoms with Gasteiger partial charge in [-0.15, -0.1) is 0 Å². The Kier molecular flexibility index (Phi) is 2.26. The molecule has 2 N–H and O–H groups in total. The molecule has 0 saturated heterocycles. The Balaban J connectivity index is 2.06. The summed E-state index contributed by atoms with van der Waals surface area (Å²) < 4.78 is 0.965. The highest BCUT2D eigenvalue weighted by Gasteiger charge is 2.42. The van der Waals surface area contributed by atoms with Crippen molar-refractivity contribution in [2.75, 3.05) is 11.9 Å². The fourth-order valence-corrected chi connectivity index (χ4v) is 1.43. The fraction of sp³-hybridized carbons (Fsp3) is 0.444. The molecule has 0 radical (unpaired) electrons. The minimum atomic E-state index is -0.0825. The highest BCUT2D eigenvalue weighted by atomic mass is 79.9. The summed E-state index contributed by atoms with van der Waals surface area (Å²) in [6.45, 7) is 0.185. The minimum absolute atomic E-state index is 0.0825. The van der Waals surface area contributed by atoms with Gasteiger partial charge < -0.3 is 10.4 Å². The Bertz CT molecular complexity index is 295. The normalized spacial score (nSPS) is 18.3. The zero-order valence-corrected chi connectivity index (χ0v) is 8.71. The predicted molar refractivity (Wildman–Crippen MR) is 54.6 cm³/mol. The van der Waals surface area contributed by atoms with E-state index in [4.69, 9.17) is 5.11 Å². The molecule has 0 spiro atoms. The first kappa shape index (κ1) is 8.97. The third-order valence-corrected chi connectivity index (χ3v) is 2.75. The zero-order valence-electron chi connectivity index (χ0n) is 7.13. The maximum Gasteiger partial charge on any atom is 0.126 e. The Morgan fingerprint density at radius 2 is 2.31 bits per heavy atom. The van der Waals surface area contributed by atoms with E-state index in [0.717, 1.165) is 23.1 Å². The summed E-state index contributed by atoms with van der Waals surface area (Å²) in [4.78, 5) is 4.18. The second kappa shape index (κ2) is 3.27. The van der Waals surface area contributed by atoms with E-state index < -0.39 is 0 Å². The van der Waals surface area contributed by atoms with E-state index in [2.05, 4.69) is 26.2 Å². The number of aliphatic hydroxyl groups excluding tert-OH is 1. The molecule has 3 nitrogen and oxygen atoms in total. The highest BCUT2D eigenvalue weighted by molar-refractivity contribution is 9.10. The number of nitrogens with one attached hydrogen (secondary N) is 1. The van der Waals surface area contributed by atoms with Gasteiger partial charge in [0, 0.05) is 10.7 Å². The second-order valence-corrected chi connectivity index (χ2v) is 4.34. The zero-order chi connectivity index (χ0) is 9.31. The number of hydrogen-bond acceptors (Lipinski definition) is 3. The average Bonchev–Trinajstić information content (AvgIpc) is 2.90. The van der Waals surface area contributed by atoms with E-state index in [1.165, 1.54) is 0 Å². The number of halogens is 1. The maximum absolute atomic E-state index is 9.07. The van der Waals surface area contributed by atoms with Crippen molar-refractivity contribution in [3.05, 3.63) is 22.8 Å². The monoisotopic (exact) mass is 242 g/mol. The molecule has 1 aliphatic rings. The molecule has 1 heterocycles. The topological polar surface area (TPSA) is 45.1 Å². The third-order valence-electron chi connectivity index (χ3n) is 2.28. The first-order valence-electron chi connectivity index (χ1n) is 4.25. The Morgan fingerprint density at radius 3 is 2.77 bits per heavy atom. The van der Waals surface area contributed by atoms with E-state index >= 15 is 0 Å². The molecule has 4 heteroatoms. The van der Waals surface area contributed by atoms with Crippen LogP contribution in [0.4, 0.5) is 5.82 Å². The van der Waals surface area contributed by atoms with E-state index in [1.807, 2.05) is 12.1 Å². The molecule has 0 bridgehead atoms. The van der Waals surface area contributed by atoms with Crippen LogP contribution in [0.15, 0.2) is 22.8 Å². The lowest BCUT2D eigenvalue weighted by molar-refractivity contribution is 0.266. The fourth-order valence-electron chi connectivity index (χ4n) is 1.19. The summed E-state index contributed by atoms with van der Waals surface area (Å²) in [6.07, 6.45) is 3.80. The van der Waals surface area contributed by atoms with E-state index in [1.54, 1.807) is 6.20 Å². The van der Waals surface area contributed by atoms with Crippen molar-refractivity contribution in [3.63, 3.8) is 0 Å². The van der Waals surface area contributed by atoms with Gasteiger partial charge in [-0.1, -0.05) is 0 Å². The van der Waals surface area contributed by atoms with Gasteiger partial charge in [-0.05, 0) is 40.9 Å². The molecule has 0 atom stereocenters. The van der Waals surface area contributed by atoms with Crippen LogP contribution in [0.25, 0.3) is 0 Å². The van der Waals surface area contributed by atoms with E-state index in [-0.39, 0.29) is 12.1 Å². The lowest BCUT2D eigenvalue weighted by atomic mass is 10.3. The smallest absolute Gasteiger partial charge is 0.126 e.